The van der Waals surface area contributed by atoms with E-state index in [1.54, 1.807) is 0 Å². The molecule has 98 valence electrons. The van der Waals surface area contributed by atoms with Crippen molar-refractivity contribution in [2.24, 2.45) is 0 Å². The third kappa shape index (κ3) is 2.72. The number of rotatable bonds is 2. The van der Waals surface area contributed by atoms with Gasteiger partial charge in [-0.2, -0.15) is 0 Å². The molecule has 1 aromatic heterocycles. The summed E-state index contributed by atoms with van der Waals surface area (Å²) in [6.45, 7) is 3.84. The van der Waals surface area contributed by atoms with E-state index in [1.807, 2.05) is 0 Å². The van der Waals surface area contributed by atoms with Gasteiger partial charge in [0.05, 0.1) is 20.1 Å². The molecule has 2 aromatic rings. The van der Waals surface area contributed by atoms with E-state index >= 15 is 0 Å². The maximum atomic E-state index is 3.38. The Hall–Kier alpha value is -0.550. The highest BCUT2D eigenvalue weighted by atomic mass is 127. The standard InChI is InChI=1S/C15H21N2.HI/c1-17(9-5-2-6-10-17)12-13-11-16-15-8-4-3-7-14(13)15;/h3-4,7-8,11,16H,2,5-6,9-10,12H2,1H3;1H/q+1;/p-1. The Labute approximate surface area is 126 Å². The number of hydrogen-bond acceptors (Lipinski definition) is 0. The summed E-state index contributed by atoms with van der Waals surface area (Å²) in [5, 5.41) is 1.40. The fourth-order valence-corrected chi connectivity index (χ4v) is 3.11. The number of aromatic amines is 1. The summed E-state index contributed by atoms with van der Waals surface area (Å²) in [7, 11) is 2.40. The summed E-state index contributed by atoms with van der Waals surface area (Å²) < 4.78 is 1.21. The SMILES string of the molecule is C[N+]1(Cc2c[nH]c3ccccc23)CCCCC1.[I-]. The summed E-state index contributed by atoms with van der Waals surface area (Å²) >= 11 is 0. The van der Waals surface area contributed by atoms with Gasteiger partial charge in [-0.05, 0) is 25.3 Å². The number of quaternary nitrogens is 1. The molecule has 1 aliphatic rings. The number of halogens is 1. The van der Waals surface area contributed by atoms with Crippen LogP contribution in [0.25, 0.3) is 10.9 Å². The van der Waals surface area contributed by atoms with Crippen LogP contribution in [0.1, 0.15) is 24.8 Å². The van der Waals surface area contributed by atoms with E-state index in [1.165, 1.54) is 59.8 Å². The summed E-state index contributed by atoms with van der Waals surface area (Å²) in [5.74, 6) is 0. The molecule has 1 N–H and O–H groups in total. The molecule has 3 heteroatoms. The number of fused-ring (bicyclic) bond motifs is 1. The zero-order valence-corrected chi connectivity index (χ0v) is 13.1. The van der Waals surface area contributed by atoms with Crippen LogP contribution >= 0.6 is 0 Å². The third-order valence-electron chi connectivity index (χ3n) is 4.12. The van der Waals surface area contributed by atoms with E-state index in [0.29, 0.717) is 0 Å². The summed E-state index contributed by atoms with van der Waals surface area (Å²) in [6, 6.07) is 8.63. The number of nitrogens with one attached hydrogen (secondary N) is 1. The highest BCUT2D eigenvalue weighted by molar-refractivity contribution is 5.82. The van der Waals surface area contributed by atoms with Gasteiger partial charge >= 0.3 is 0 Å². The first-order valence-corrected chi connectivity index (χ1v) is 6.65. The molecule has 2 nitrogen and oxygen atoms in total. The highest BCUT2D eigenvalue weighted by Gasteiger charge is 2.25. The van der Waals surface area contributed by atoms with Crippen molar-refractivity contribution in [1.29, 1.82) is 0 Å². The zero-order chi connectivity index (χ0) is 11.7. The first-order valence-electron chi connectivity index (χ1n) is 6.65. The number of H-pyrrole nitrogens is 1. The van der Waals surface area contributed by atoms with Gasteiger partial charge in [0.25, 0.3) is 0 Å². The average Bonchev–Trinajstić information content (AvgIpc) is 2.73. The van der Waals surface area contributed by atoms with Crippen molar-refractivity contribution >= 4 is 10.9 Å². The molecule has 0 spiro atoms. The first kappa shape index (κ1) is 13.9. The minimum atomic E-state index is 0. The van der Waals surface area contributed by atoms with Gasteiger partial charge in [-0.25, -0.2) is 0 Å². The number of piperidine rings is 1. The summed E-state index contributed by atoms with van der Waals surface area (Å²) in [5.41, 5.74) is 2.75. The van der Waals surface area contributed by atoms with E-state index in [9.17, 15) is 0 Å². The first-order chi connectivity index (χ1) is 8.27. The van der Waals surface area contributed by atoms with Crippen molar-refractivity contribution in [3.05, 3.63) is 36.0 Å². The second kappa shape index (κ2) is 5.61. The maximum absolute atomic E-state index is 3.38. The van der Waals surface area contributed by atoms with E-state index in [0.717, 1.165) is 0 Å². The molecule has 18 heavy (non-hydrogen) atoms. The van der Waals surface area contributed by atoms with Gasteiger partial charge in [-0.3, -0.25) is 0 Å². The van der Waals surface area contributed by atoms with Crippen LogP contribution in [0.5, 0.6) is 0 Å². The second-order valence-electron chi connectivity index (χ2n) is 5.64. The molecule has 1 saturated heterocycles. The van der Waals surface area contributed by atoms with Gasteiger partial charge in [0, 0.05) is 22.7 Å². The van der Waals surface area contributed by atoms with Crippen LogP contribution in [0.3, 0.4) is 0 Å². The average molecular weight is 356 g/mol. The second-order valence-corrected chi connectivity index (χ2v) is 5.64. The molecule has 0 amide bonds. The van der Waals surface area contributed by atoms with Crippen molar-refractivity contribution < 1.29 is 28.5 Å². The molecule has 0 unspecified atom stereocenters. The van der Waals surface area contributed by atoms with Gasteiger partial charge in [-0.15, -0.1) is 0 Å². The molecule has 1 aromatic carbocycles. The lowest BCUT2D eigenvalue weighted by Gasteiger charge is -2.37. The molecule has 1 fully saturated rings. The monoisotopic (exact) mass is 356 g/mol. The van der Waals surface area contributed by atoms with Crippen LogP contribution in [-0.2, 0) is 6.54 Å². The Morgan fingerprint density at radius 3 is 2.61 bits per heavy atom. The lowest BCUT2D eigenvalue weighted by Crippen LogP contribution is -3.00. The van der Waals surface area contributed by atoms with Crippen molar-refractivity contribution in [2.45, 2.75) is 25.8 Å². The van der Waals surface area contributed by atoms with Gasteiger partial charge in [0.15, 0.2) is 0 Å². The molecule has 0 atom stereocenters. The van der Waals surface area contributed by atoms with Crippen molar-refractivity contribution in [3.63, 3.8) is 0 Å². The van der Waals surface area contributed by atoms with Crippen LogP contribution in [0, 0.1) is 0 Å². The molecular formula is C15H21IN2. The Kier molecular flexibility index (Phi) is 4.33. The predicted molar refractivity (Wildman–Crippen MR) is 71.8 cm³/mol. The van der Waals surface area contributed by atoms with Crippen LogP contribution in [0.2, 0.25) is 0 Å². The number of likely N-dealkylation sites (tertiary alicyclic amines) is 1. The lowest BCUT2D eigenvalue weighted by atomic mass is 10.1. The van der Waals surface area contributed by atoms with Crippen molar-refractivity contribution in [3.8, 4) is 0 Å². The maximum Gasteiger partial charge on any atom is 0.106 e. The fourth-order valence-electron chi connectivity index (χ4n) is 3.11. The molecule has 0 radical (unpaired) electrons. The molecular weight excluding hydrogens is 335 g/mol. The predicted octanol–water partition coefficient (Wildman–Crippen LogP) is 0.302. The fraction of sp³-hybridized carbons (Fsp3) is 0.467. The third-order valence-corrected chi connectivity index (χ3v) is 4.12. The van der Waals surface area contributed by atoms with Gasteiger partial charge in [-0.1, -0.05) is 18.2 Å². The van der Waals surface area contributed by atoms with E-state index in [4.69, 9.17) is 0 Å². The molecule has 0 saturated carbocycles. The normalized spacial score (nSPS) is 18.5. The highest BCUT2D eigenvalue weighted by Crippen LogP contribution is 2.24. The Balaban J connectivity index is 0.00000120. The Bertz CT molecular complexity index is 512. The number of hydrogen-bond donors (Lipinski definition) is 1. The summed E-state index contributed by atoms with van der Waals surface area (Å²) in [4.78, 5) is 3.38. The van der Waals surface area contributed by atoms with Gasteiger partial charge < -0.3 is 33.4 Å². The molecule has 0 aliphatic carbocycles. The topological polar surface area (TPSA) is 15.8 Å². The van der Waals surface area contributed by atoms with E-state index in [-0.39, 0.29) is 24.0 Å². The van der Waals surface area contributed by atoms with E-state index < -0.39 is 0 Å². The molecule has 3 rings (SSSR count). The molecule has 0 bridgehead atoms. The summed E-state index contributed by atoms with van der Waals surface area (Å²) in [6.07, 6.45) is 6.39. The van der Waals surface area contributed by atoms with E-state index in [2.05, 4.69) is 42.5 Å². The number of aromatic nitrogens is 1. The number of para-hydroxylation sites is 1. The zero-order valence-electron chi connectivity index (χ0n) is 11.0. The van der Waals surface area contributed by atoms with Crippen LogP contribution in [0.15, 0.2) is 30.5 Å². The number of benzene rings is 1. The quantitative estimate of drug-likeness (QED) is 0.589. The smallest absolute Gasteiger partial charge is 0.106 e. The minimum absolute atomic E-state index is 0. The van der Waals surface area contributed by atoms with Crippen molar-refractivity contribution in [1.82, 2.24) is 4.98 Å². The van der Waals surface area contributed by atoms with Gasteiger partial charge in [0.1, 0.15) is 6.54 Å². The van der Waals surface area contributed by atoms with Crippen molar-refractivity contribution in [2.75, 3.05) is 20.1 Å². The van der Waals surface area contributed by atoms with Crippen LogP contribution in [0.4, 0.5) is 0 Å². The lowest BCUT2D eigenvalue weighted by molar-refractivity contribution is -0.926. The van der Waals surface area contributed by atoms with Crippen LogP contribution in [-0.4, -0.2) is 29.6 Å². The number of nitrogens with zero attached hydrogens (tertiary/aromatic N) is 1. The minimum Gasteiger partial charge on any atom is -1.00 e. The Morgan fingerprint density at radius 1 is 1.11 bits per heavy atom. The van der Waals surface area contributed by atoms with Gasteiger partial charge in [0.2, 0.25) is 0 Å². The molecule has 2 heterocycles. The molecule has 1 aliphatic heterocycles. The largest absolute Gasteiger partial charge is 1.00 e. The Morgan fingerprint density at radius 2 is 1.83 bits per heavy atom. The van der Waals surface area contributed by atoms with Crippen LogP contribution < -0.4 is 24.0 Å².